The number of halogens is 3. The monoisotopic (exact) mass is 417 g/mol. The van der Waals surface area contributed by atoms with Crippen molar-refractivity contribution in [2.24, 2.45) is 5.73 Å². The summed E-state index contributed by atoms with van der Waals surface area (Å²) in [5, 5.41) is 12.5. The number of pyridine rings is 1. The minimum absolute atomic E-state index is 0.00525. The Morgan fingerprint density at radius 3 is 2.83 bits per heavy atom. The van der Waals surface area contributed by atoms with Crippen molar-refractivity contribution in [3.63, 3.8) is 0 Å². The van der Waals surface area contributed by atoms with Crippen molar-refractivity contribution in [3.05, 3.63) is 18.3 Å². The topological polar surface area (TPSA) is 121 Å². The molecule has 1 aromatic heterocycles. The Morgan fingerprint density at radius 1 is 1.45 bits per heavy atom. The number of amides is 2. The van der Waals surface area contributed by atoms with Crippen molar-refractivity contribution in [1.82, 2.24) is 15.2 Å². The molecule has 3 unspecified atom stereocenters. The number of nitrogens with one attached hydrogen (secondary N) is 1. The number of carbonyl (C=O) groups excluding carboxylic acids is 1. The van der Waals surface area contributed by atoms with Gasteiger partial charge in [-0.2, -0.15) is 13.2 Å². The van der Waals surface area contributed by atoms with Crippen LogP contribution in [-0.4, -0.2) is 70.6 Å². The summed E-state index contributed by atoms with van der Waals surface area (Å²) in [6.07, 6.45) is -6.29. The number of nitrogens with two attached hydrogens (primary N) is 1. The molecule has 3 heterocycles. The normalized spacial score (nSPS) is 27.2. The number of aromatic nitrogens is 1. The van der Waals surface area contributed by atoms with Gasteiger partial charge in [0.15, 0.2) is 0 Å². The van der Waals surface area contributed by atoms with Crippen LogP contribution in [0.1, 0.15) is 19.8 Å². The van der Waals surface area contributed by atoms with E-state index in [1.165, 1.54) is 18.3 Å². The van der Waals surface area contributed by atoms with Gasteiger partial charge in [-0.3, -0.25) is 14.6 Å². The molecule has 2 aliphatic heterocycles. The van der Waals surface area contributed by atoms with Crippen molar-refractivity contribution < 1.29 is 32.6 Å². The number of fused-ring (bicyclic) bond motifs is 1. The Morgan fingerprint density at radius 2 is 2.17 bits per heavy atom. The van der Waals surface area contributed by atoms with E-state index in [4.69, 9.17) is 10.5 Å². The standard InChI is InChI=1S/C17H22F3N5O4/c1-10-6-22-7-11(24(10)15(27)28)5-13(26)25-12-3-2-4-23-14(12)29-9-16(25,21)8-17(18,19)20/h2-4,10-11,22H,5-9,21H2,1H3,(H,27,28). The number of rotatable bonds is 3. The molecule has 0 aliphatic carbocycles. The molecule has 0 aromatic carbocycles. The zero-order valence-corrected chi connectivity index (χ0v) is 15.6. The van der Waals surface area contributed by atoms with Crippen LogP contribution in [0.3, 0.4) is 0 Å². The number of alkyl halides is 3. The van der Waals surface area contributed by atoms with Gasteiger partial charge in [0.25, 0.3) is 0 Å². The van der Waals surface area contributed by atoms with Crippen molar-refractivity contribution in [1.29, 1.82) is 0 Å². The van der Waals surface area contributed by atoms with Crippen LogP contribution in [-0.2, 0) is 4.79 Å². The van der Waals surface area contributed by atoms with Crippen LogP contribution >= 0.6 is 0 Å². The minimum atomic E-state index is -4.65. The molecule has 2 amide bonds. The fourth-order valence-electron chi connectivity index (χ4n) is 3.84. The number of hydrogen-bond donors (Lipinski definition) is 3. The van der Waals surface area contributed by atoms with Gasteiger partial charge in [-0.15, -0.1) is 0 Å². The summed E-state index contributed by atoms with van der Waals surface area (Å²) in [6, 6.07) is 1.71. The van der Waals surface area contributed by atoms with Gasteiger partial charge in [0.1, 0.15) is 18.0 Å². The van der Waals surface area contributed by atoms with Crippen molar-refractivity contribution in [2.75, 3.05) is 24.6 Å². The van der Waals surface area contributed by atoms with Gasteiger partial charge in [0.2, 0.25) is 11.8 Å². The maximum Gasteiger partial charge on any atom is 0.407 e. The average molecular weight is 417 g/mol. The van der Waals surface area contributed by atoms with Crippen molar-refractivity contribution in [2.45, 2.75) is 43.7 Å². The Kier molecular flexibility index (Phi) is 5.59. The average Bonchev–Trinajstić information content (AvgIpc) is 2.59. The zero-order valence-electron chi connectivity index (χ0n) is 15.6. The van der Waals surface area contributed by atoms with Gasteiger partial charge in [0, 0.05) is 31.7 Å². The highest BCUT2D eigenvalue weighted by molar-refractivity contribution is 5.97. The lowest BCUT2D eigenvalue weighted by atomic mass is 9.99. The number of ether oxygens (including phenoxy) is 1. The summed E-state index contributed by atoms with van der Waals surface area (Å²) >= 11 is 0. The molecule has 9 nitrogen and oxygen atoms in total. The van der Waals surface area contributed by atoms with E-state index in [0.717, 1.165) is 9.80 Å². The number of carboxylic acid groups (broad SMARTS) is 1. The molecule has 12 heteroatoms. The number of anilines is 1. The van der Waals surface area contributed by atoms with E-state index in [0.29, 0.717) is 6.54 Å². The Hall–Kier alpha value is -2.60. The fraction of sp³-hybridized carbons (Fsp3) is 0.588. The van der Waals surface area contributed by atoms with E-state index in [9.17, 15) is 27.9 Å². The molecule has 2 aliphatic rings. The predicted octanol–water partition coefficient (Wildman–Crippen LogP) is 1.14. The first-order chi connectivity index (χ1) is 13.5. The molecule has 29 heavy (non-hydrogen) atoms. The van der Waals surface area contributed by atoms with Gasteiger partial charge in [-0.25, -0.2) is 9.78 Å². The first-order valence-corrected chi connectivity index (χ1v) is 9.00. The number of nitrogens with zero attached hydrogens (tertiary/aromatic N) is 3. The highest BCUT2D eigenvalue weighted by Crippen LogP contribution is 2.40. The van der Waals surface area contributed by atoms with Crippen molar-refractivity contribution >= 4 is 17.7 Å². The second kappa shape index (κ2) is 7.67. The van der Waals surface area contributed by atoms with Crippen molar-refractivity contribution in [3.8, 4) is 5.88 Å². The van der Waals surface area contributed by atoms with Gasteiger partial charge < -0.3 is 20.9 Å². The Labute approximate surface area is 164 Å². The first kappa shape index (κ1) is 21.1. The van der Waals surface area contributed by atoms with Gasteiger partial charge in [-0.1, -0.05) is 0 Å². The summed E-state index contributed by atoms with van der Waals surface area (Å²) < 4.78 is 44.9. The van der Waals surface area contributed by atoms with Crippen LogP contribution in [0.4, 0.5) is 23.7 Å². The lowest BCUT2D eigenvalue weighted by molar-refractivity contribution is -0.152. The van der Waals surface area contributed by atoms with E-state index in [-0.39, 0.29) is 24.5 Å². The van der Waals surface area contributed by atoms with Crippen LogP contribution < -0.4 is 20.7 Å². The summed E-state index contributed by atoms with van der Waals surface area (Å²) in [7, 11) is 0. The molecular weight excluding hydrogens is 395 g/mol. The Balaban J connectivity index is 1.93. The van der Waals surface area contributed by atoms with Gasteiger partial charge >= 0.3 is 12.3 Å². The van der Waals surface area contributed by atoms with Gasteiger partial charge in [-0.05, 0) is 19.1 Å². The maximum atomic E-state index is 13.2. The first-order valence-electron chi connectivity index (χ1n) is 9.00. The maximum absolute atomic E-state index is 13.2. The lowest BCUT2D eigenvalue weighted by Gasteiger charge is -2.45. The zero-order chi connectivity index (χ0) is 21.4. The lowest BCUT2D eigenvalue weighted by Crippen LogP contribution is -2.67. The van der Waals surface area contributed by atoms with E-state index in [1.54, 1.807) is 6.92 Å². The van der Waals surface area contributed by atoms with Crippen LogP contribution in [0.2, 0.25) is 0 Å². The predicted molar refractivity (Wildman–Crippen MR) is 95.4 cm³/mol. The molecule has 0 radical (unpaired) electrons. The second-order valence-corrected chi connectivity index (χ2v) is 7.30. The molecule has 1 saturated heterocycles. The molecule has 160 valence electrons. The third kappa shape index (κ3) is 4.37. The Bertz CT molecular complexity index is 793. The molecule has 0 saturated carbocycles. The summed E-state index contributed by atoms with van der Waals surface area (Å²) in [5.74, 6) is -0.740. The SMILES string of the molecule is CC1CNCC(CC(=O)N2c3cccnc3OCC2(N)CC(F)(F)F)N1C(=O)O. The molecule has 0 bridgehead atoms. The molecule has 1 fully saturated rings. The summed E-state index contributed by atoms with van der Waals surface area (Å²) in [6.45, 7) is 1.70. The summed E-state index contributed by atoms with van der Waals surface area (Å²) in [5.41, 5.74) is 3.87. The third-order valence-electron chi connectivity index (χ3n) is 4.97. The molecule has 1 aromatic rings. The van der Waals surface area contributed by atoms with Crippen LogP contribution in [0.25, 0.3) is 0 Å². The van der Waals surface area contributed by atoms with E-state index in [1.807, 2.05) is 0 Å². The fourth-order valence-corrected chi connectivity index (χ4v) is 3.84. The summed E-state index contributed by atoms with van der Waals surface area (Å²) in [4.78, 5) is 30.7. The third-order valence-corrected chi connectivity index (χ3v) is 4.97. The molecule has 4 N–H and O–H groups in total. The number of piperazine rings is 1. The molecule has 0 spiro atoms. The van der Waals surface area contributed by atoms with Crippen LogP contribution in [0, 0.1) is 0 Å². The molecule has 3 rings (SSSR count). The van der Waals surface area contributed by atoms with E-state index >= 15 is 0 Å². The van der Waals surface area contributed by atoms with E-state index < -0.39 is 49.0 Å². The highest BCUT2D eigenvalue weighted by Gasteiger charge is 2.50. The smallest absolute Gasteiger partial charge is 0.407 e. The van der Waals surface area contributed by atoms with Crippen LogP contribution in [0.15, 0.2) is 18.3 Å². The minimum Gasteiger partial charge on any atom is -0.472 e. The second-order valence-electron chi connectivity index (χ2n) is 7.30. The molecule has 3 atom stereocenters. The largest absolute Gasteiger partial charge is 0.472 e. The highest BCUT2D eigenvalue weighted by atomic mass is 19.4. The number of hydrogen-bond acceptors (Lipinski definition) is 6. The van der Waals surface area contributed by atoms with Gasteiger partial charge in [0.05, 0.1) is 12.5 Å². The molecular formula is C17H22F3N5O4. The van der Waals surface area contributed by atoms with Crippen LogP contribution in [0.5, 0.6) is 5.88 Å². The number of carbonyl (C=O) groups is 2. The quantitative estimate of drug-likeness (QED) is 0.675. The van der Waals surface area contributed by atoms with E-state index in [2.05, 4.69) is 10.3 Å².